The molecule has 0 spiro atoms. The van der Waals surface area contributed by atoms with Crippen LogP contribution in [0.15, 0.2) is 72.9 Å². The van der Waals surface area contributed by atoms with Gasteiger partial charge in [-0.1, -0.05) is 18.2 Å². The summed E-state index contributed by atoms with van der Waals surface area (Å²) < 4.78 is 7.75. The second kappa shape index (κ2) is 9.19. The normalized spacial score (nSPS) is 17.5. The summed E-state index contributed by atoms with van der Waals surface area (Å²) in [6.45, 7) is 8.73. The van der Waals surface area contributed by atoms with Crippen LogP contribution in [0.5, 0.6) is 5.75 Å². The number of nitrogens with one attached hydrogen (secondary N) is 1. The molecule has 0 unspecified atom stereocenters. The number of benzene rings is 2. The summed E-state index contributed by atoms with van der Waals surface area (Å²) in [4.78, 5) is 6.91. The molecule has 1 aliphatic rings. The molecule has 0 saturated carbocycles. The quantitative estimate of drug-likeness (QED) is 0.339. The molecule has 2 aromatic carbocycles. The van der Waals surface area contributed by atoms with E-state index in [-0.39, 0.29) is 12.1 Å². The van der Waals surface area contributed by atoms with E-state index >= 15 is 0 Å². The number of hydrogen-bond donors (Lipinski definition) is 1. The molecule has 178 valence electrons. The van der Waals surface area contributed by atoms with Gasteiger partial charge in [0.1, 0.15) is 5.75 Å². The molecule has 5 rings (SSSR count). The van der Waals surface area contributed by atoms with E-state index in [1.54, 1.807) is 7.11 Å². The first-order valence-corrected chi connectivity index (χ1v) is 12.2. The zero-order valence-electron chi connectivity index (χ0n) is 20.7. The standard InChI is InChI=1S/C29H30N4OS/c1-18-9-8-11-26(20(18)3)32-19(2)17-24(21(32)4)28-27(25-10-6-7-16-30-25)31-29(35)33(28)22-12-14-23(34-5)15-13-22/h6-17,27-28H,1-5H3,(H,31,35)/t27-,28+/m0/s1. The summed E-state index contributed by atoms with van der Waals surface area (Å²) in [5.41, 5.74) is 9.38. The summed E-state index contributed by atoms with van der Waals surface area (Å²) >= 11 is 5.90. The van der Waals surface area contributed by atoms with Crippen LogP contribution in [-0.2, 0) is 0 Å². The van der Waals surface area contributed by atoms with Crippen molar-refractivity contribution in [3.8, 4) is 11.4 Å². The molecule has 3 heterocycles. The number of pyridine rings is 1. The van der Waals surface area contributed by atoms with E-state index in [2.05, 4.69) is 84.9 Å². The minimum Gasteiger partial charge on any atom is -0.497 e. The lowest BCUT2D eigenvalue weighted by atomic mass is 9.96. The molecule has 2 aromatic heterocycles. The maximum absolute atomic E-state index is 5.90. The summed E-state index contributed by atoms with van der Waals surface area (Å²) in [5.74, 6) is 0.817. The number of nitrogens with zero attached hydrogens (tertiary/aromatic N) is 3. The largest absolute Gasteiger partial charge is 0.497 e. The molecule has 2 atom stereocenters. The lowest BCUT2D eigenvalue weighted by molar-refractivity contribution is 0.415. The Morgan fingerprint density at radius 2 is 1.71 bits per heavy atom. The van der Waals surface area contributed by atoms with Gasteiger partial charge >= 0.3 is 0 Å². The summed E-state index contributed by atoms with van der Waals surface area (Å²) in [6.07, 6.45) is 1.84. The predicted molar refractivity (Wildman–Crippen MR) is 146 cm³/mol. The highest BCUT2D eigenvalue weighted by Gasteiger charge is 2.42. The van der Waals surface area contributed by atoms with Crippen LogP contribution >= 0.6 is 12.2 Å². The molecule has 6 heteroatoms. The fourth-order valence-corrected chi connectivity index (χ4v) is 5.47. The third-order valence-electron chi connectivity index (χ3n) is 7.05. The molecule has 4 aromatic rings. The van der Waals surface area contributed by atoms with Crippen LogP contribution in [0, 0.1) is 27.7 Å². The predicted octanol–water partition coefficient (Wildman–Crippen LogP) is 6.29. The van der Waals surface area contributed by atoms with E-state index < -0.39 is 0 Å². The Hall–Kier alpha value is -3.64. The Balaban J connectivity index is 1.68. The van der Waals surface area contributed by atoms with Crippen LogP contribution in [0.2, 0.25) is 0 Å². The lowest BCUT2D eigenvalue weighted by Gasteiger charge is -2.28. The van der Waals surface area contributed by atoms with Crippen molar-refractivity contribution in [2.75, 3.05) is 12.0 Å². The Bertz CT molecular complexity index is 1380. The zero-order valence-corrected chi connectivity index (χ0v) is 21.6. The number of aryl methyl sites for hydroxylation is 2. The first-order chi connectivity index (χ1) is 16.9. The van der Waals surface area contributed by atoms with Crippen molar-refractivity contribution >= 4 is 23.0 Å². The van der Waals surface area contributed by atoms with Crippen molar-refractivity contribution in [1.29, 1.82) is 0 Å². The van der Waals surface area contributed by atoms with Crippen LogP contribution < -0.4 is 15.0 Å². The second-order valence-corrected chi connectivity index (χ2v) is 9.46. The van der Waals surface area contributed by atoms with Gasteiger partial charge in [0.25, 0.3) is 0 Å². The van der Waals surface area contributed by atoms with Gasteiger partial charge in [0.05, 0.1) is 24.9 Å². The van der Waals surface area contributed by atoms with Crippen LogP contribution in [0.1, 0.15) is 45.9 Å². The van der Waals surface area contributed by atoms with Crippen molar-refractivity contribution < 1.29 is 4.74 Å². The maximum Gasteiger partial charge on any atom is 0.174 e. The van der Waals surface area contributed by atoms with E-state index in [1.165, 1.54) is 33.8 Å². The Morgan fingerprint density at radius 3 is 2.40 bits per heavy atom. The van der Waals surface area contributed by atoms with E-state index in [0.717, 1.165) is 17.1 Å². The molecule has 0 bridgehead atoms. The Labute approximate surface area is 212 Å². The van der Waals surface area contributed by atoms with Gasteiger partial charge in [-0.25, -0.2) is 0 Å². The maximum atomic E-state index is 5.90. The van der Waals surface area contributed by atoms with Crippen LogP contribution in [0.3, 0.4) is 0 Å². The van der Waals surface area contributed by atoms with Gasteiger partial charge in [-0.05, 0) is 105 Å². The third kappa shape index (κ3) is 3.98. The molecule has 0 amide bonds. The van der Waals surface area contributed by atoms with E-state index in [1.807, 2.05) is 30.5 Å². The van der Waals surface area contributed by atoms with Gasteiger partial charge in [-0.3, -0.25) is 4.98 Å². The van der Waals surface area contributed by atoms with Gasteiger partial charge in [-0.15, -0.1) is 0 Å². The minimum absolute atomic E-state index is 0.0594. The highest BCUT2D eigenvalue weighted by atomic mass is 32.1. The second-order valence-electron chi connectivity index (χ2n) is 9.08. The molecular weight excluding hydrogens is 452 g/mol. The number of ether oxygens (including phenoxy) is 1. The van der Waals surface area contributed by atoms with E-state index in [9.17, 15) is 0 Å². The van der Waals surface area contributed by atoms with E-state index in [0.29, 0.717) is 5.11 Å². The van der Waals surface area contributed by atoms with E-state index in [4.69, 9.17) is 21.9 Å². The first-order valence-electron chi connectivity index (χ1n) is 11.8. The van der Waals surface area contributed by atoms with Gasteiger partial charge in [0.15, 0.2) is 5.11 Å². The van der Waals surface area contributed by atoms with Crippen LogP contribution in [-0.4, -0.2) is 21.8 Å². The number of hydrogen-bond acceptors (Lipinski definition) is 3. The molecular formula is C29H30N4OS. The molecule has 0 radical (unpaired) electrons. The topological polar surface area (TPSA) is 42.3 Å². The zero-order chi connectivity index (χ0) is 24.7. The summed E-state index contributed by atoms with van der Waals surface area (Å²) in [5, 5.41) is 4.25. The van der Waals surface area contributed by atoms with Crippen LogP contribution in [0.25, 0.3) is 5.69 Å². The number of anilines is 1. The van der Waals surface area contributed by atoms with Crippen molar-refractivity contribution in [3.63, 3.8) is 0 Å². The minimum atomic E-state index is -0.0849. The SMILES string of the molecule is COc1ccc(N2C(=S)N[C@@H](c3ccccn3)[C@H]2c2cc(C)n(-c3cccc(C)c3C)c2C)cc1. The Morgan fingerprint density at radius 1 is 0.943 bits per heavy atom. The van der Waals surface area contributed by atoms with Gasteiger partial charge in [-0.2, -0.15) is 0 Å². The fourth-order valence-electron chi connectivity index (χ4n) is 5.13. The molecule has 1 saturated heterocycles. The molecule has 0 aliphatic carbocycles. The van der Waals surface area contributed by atoms with Crippen molar-refractivity contribution in [3.05, 3.63) is 107 Å². The fraction of sp³-hybridized carbons (Fsp3) is 0.241. The smallest absolute Gasteiger partial charge is 0.174 e. The van der Waals surface area contributed by atoms with Crippen LogP contribution in [0.4, 0.5) is 5.69 Å². The average Bonchev–Trinajstić information content (AvgIpc) is 3.36. The monoisotopic (exact) mass is 482 g/mol. The van der Waals surface area contributed by atoms with Crippen molar-refractivity contribution in [2.24, 2.45) is 0 Å². The average molecular weight is 483 g/mol. The molecule has 1 N–H and O–H groups in total. The molecule has 1 fully saturated rings. The van der Waals surface area contributed by atoms with Gasteiger partial charge in [0.2, 0.25) is 0 Å². The number of rotatable bonds is 5. The summed E-state index contributed by atoms with van der Waals surface area (Å²) in [7, 11) is 1.68. The molecule has 35 heavy (non-hydrogen) atoms. The molecule has 1 aliphatic heterocycles. The highest BCUT2D eigenvalue weighted by molar-refractivity contribution is 7.80. The third-order valence-corrected chi connectivity index (χ3v) is 7.37. The Kier molecular flexibility index (Phi) is 6.07. The number of aromatic nitrogens is 2. The molecule has 5 nitrogen and oxygen atoms in total. The first kappa shape index (κ1) is 23.1. The van der Waals surface area contributed by atoms with Gasteiger partial charge in [0, 0.05) is 29.0 Å². The highest BCUT2D eigenvalue weighted by Crippen LogP contribution is 2.44. The number of thiocarbonyl (C=S) groups is 1. The lowest BCUT2D eigenvalue weighted by Crippen LogP contribution is -2.29. The number of methoxy groups -OCH3 is 1. The van der Waals surface area contributed by atoms with Gasteiger partial charge < -0.3 is 19.5 Å². The van der Waals surface area contributed by atoms with Crippen molar-refractivity contribution in [2.45, 2.75) is 39.8 Å². The summed E-state index contributed by atoms with van der Waals surface area (Å²) in [6, 6.07) is 22.7. The van der Waals surface area contributed by atoms with Crippen molar-refractivity contribution in [1.82, 2.24) is 14.9 Å².